The average molecular weight is 307 g/mol. The maximum atomic E-state index is 13.3. The van der Waals surface area contributed by atoms with Gasteiger partial charge in [-0.05, 0) is 36.8 Å². The number of thiol groups is 1. The van der Waals surface area contributed by atoms with Crippen LogP contribution in [0.15, 0.2) is 22.7 Å². The zero-order valence-corrected chi connectivity index (χ0v) is 11.6. The molecule has 0 atom stereocenters. The van der Waals surface area contributed by atoms with E-state index in [1.165, 1.54) is 6.07 Å². The molecule has 0 saturated heterocycles. The molecular formula is C12H16BrFOS. The summed E-state index contributed by atoms with van der Waals surface area (Å²) in [7, 11) is 0. The third-order valence-electron chi connectivity index (χ3n) is 2.20. The van der Waals surface area contributed by atoms with Gasteiger partial charge in [-0.3, -0.25) is 0 Å². The van der Waals surface area contributed by atoms with Gasteiger partial charge in [0, 0.05) is 4.47 Å². The lowest BCUT2D eigenvalue weighted by Gasteiger charge is -2.07. The molecule has 0 amide bonds. The Bertz CT molecular complexity index is 320. The second kappa shape index (κ2) is 7.96. The Labute approximate surface area is 110 Å². The fourth-order valence-corrected chi connectivity index (χ4v) is 1.90. The highest BCUT2D eigenvalue weighted by atomic mass is 79.9. The van der Waals surface area contributed by atoms with Crippen LogP contribution in [-0.4, -0.2) is 12.4 Å². The van der Waals surface area contributed by atoms with Crippen LogP contribution in [0.25, 0.3) is 0 Å². The van der Waals surface area contributed by atoms with E-state index >= 15 is 0 Å². The van der Waals surface area contributed by atoms with Crippen LogP contribution in [0.3, 0.4) is 0 Å². The Morgan fingerprint density at radius 2 is 1.94 bits per heavy atom. The molecule has 0 fully saturated rings. The van der Waals surface area contributed by atoms with Crippen molar-refractivity contribution in [2.45, 2.75) is 25.7 Å². The lowest BCUT2D eigenvalue weighted by Crippen LogP contribution is -1.99. The molecule has 16 heavy (non-hydrogen) atoms. The number of unbranched alkanes of at least 4 members (excludes halogenated alkanes) is 3. The highest BCUT2D eigenvalue weighted by Gasteiger charge is 2.02. The van der Waals surface area contributed by atoms with Crippen LogP contribution >= 0.6 is 28.6 Å². The van der Waals surface area contributed by atoms with Gasteiger partial charge in [0.15, 0.2) is 11.6 Å². The molecule has 0 aliphatic rings. The van der Waals surface area contributed by atoms with E-state index < -0.39 is 0 Å². The molecule has 0 radical (unpaired) electrons. The highest BCUT2D eigenvalue weighted by Crippen LogP contribution is 2.21. The van der Waals surface area contributed by atoms with Gasteiger partial charge in [0.1, 0.15) is 0 Å². The summed E-state index contributed by atoms with van der Waals surface area (Å²) in [4.78, 5) is 0. The van der Waals surface area contributed by atoms with Crippen molar-refractivity contribution in [2.24, 2.45) is 0 Å². The Hall–Kier alpha value is -0.220. The molecule has 0 unspecified atom stereocenters. The van der Waals surface area contributed by atoms with E-state index in [0.29, 0.717) is 12.4 Å². The molecule has 0 aliphatic carbocycles. The fourth-order valence-electron chi connectivity index (χ4n) is 1.34. The van der Waals surface area contributed by atoms with Gasteiger partial charge in [0.05, 0.1) is 6.61 Å². The van der Waals surface area contributed by atoms with Crippen molar-refractivity contribution in [1.82, 2.24) is 0 Å². The van der Waals surface area contributed by atoms with E-state index in [-0.39, 0.29) is 5.82 Å². The van der Waals surface area contributed by atoms with Crippen LogP contribution < -0.4 is 4.74 Å². The number of halogens is 2. The summed E-state index contributed by atoms with van der Waals surface area (Å²) >= 11 is 7.34. The van der Waals surface area contributed by atoms with E-state index in [0.717, 1.165) is 35.9 Å². The van der Waals surface area contributed by atoms with E-state index in [2.05, 4.69) is 28.6 Å². The van der Waals surface area contributed by atoms with Gasteiger partial charge in [0.25, 0.3) is 0 Å². The van der Waals surface area contributed by atoms with Crippen molar-refractivity contribution in [3.63, 3.8) is 0 Å². The molecule has 0 heterocycles. The fraction of sp³-hybridized carbons (Fsp3) is 0.500. The Morgan fingerprint density at radius 1 is 1.19 bits per heavy atom. The standard InChI is InChI=1S/C12H16BrFOS/c13-10-5-6-12(11(14)9-10)15-7-3-1-2-4-8-16/h5-6,9,16H,1-4,7-8H2. The van der Waals surface area contributed by atoms with Gasteiger partial charge in [-0.15, -0.1) is 0 Å². The zero-order valence-electron chi connectivity index (χ0n) is 9.09. The second-order valence-corrected chi connectivity index (χ2v) is 4.92. The molecular weight excluding hydrogens is 291 g/mol. The summed E-state index contributed by atoms with van der Waals surface area (Å²) in [5, 5.41) is 0. The molecule has 1 rings (SSSR count). The number of benzene rings is 1. The number of hydrogen-bond donors (Lipinski definition) is 1. The van der Waals surface area contributed by atoms with Crippen molar-refractivity contribution in [1.29, 1.82) is 0 Å². The zero-order chi connectivity index (χ0) is 11.8. The topological polar surface area (TPSA) is 9.23 Å². The third-order valence-corrected chi connectivity index (χ3v) is 3.01. The first-order valence-corrected chi connectivity index (χ1v) is 6.85. The molecule has 1 aromatic rings. The molecule has 90 valence electrons. The minimum atomic E-state index is -0.315. The molecule has 0 aromatic heterocycles. The quantitative estimate of drug-likeness (QED) is 0.578. The van der Waals surface area contributed by atoms with Crippen LogP contribution in [0, 0.1) is 5.82 Å². The molecule has 0 spiro atoms. The van der Waals surface area contributed by atoms with E-state index in [1.807, 2.05) is 0 Å². The summed E-state index contributed by atoms with van der Waals surface area (Å²) in [5.41, 5.74) is 0. The predicted octanol–water partition coefficient (Wildman–Crippen LogP) is 4.46. The molecule has 1 aromatic carbocycles. The highest BCUT2D eigenvalue weighted by molar-refractivity contribution is 9.10. The smallest absolute Gasteiger partial charge is 0.166 e. The summed E-state index contributed by atoms with van der Waals surface area (Å²) in [6.45, 7) is 0.575. The third kappa shape index (κ3) is 5.21. The molecule has 1 nitrogen and oxygen atoms in total. The first-order chi connectivity index (χ1) is 7.74. The van der Waals surface area contributed by atoms with Crippen molar-refractivity contribution < 1.29 is 9.13 Å². The van der Waals surface area contributed by atoms with Crippen LogP contribution in [0.1, 0.15) is 25.7 Å². The van der Waals surface area contributed by atoms with E-state index in [4.69, 9.17) is 4.74 Å². The van der Waals surface area contributed by atoms with Gasteiger partial charge in [-0.25, -0.2) is 4.39 Å². The average Bonchev–Trinajstić information content (AvgIpc) is 2.26. The maximum absolute atomic E-state index is 13.3. The summed E-state index contributed by atoms with van der Waals surface area (Å²) in [5.74, 6) is 0.949. The number of ether oxygens (including phenoxy) is 1. The normalized spacial score (nSPS) is 10.4. The molecule has 0 aliphatic heterocycles. The number of rotatable bonds is 7. The van der Waals surface area contributed by atoms with Crippen molar-refractivity contribution in [2.75, 3.05) is 12.4 Å². The van der Waals surface area contributed by atoms with Gasteiger partial charge >= 0.3 is 0 Å². The first kappa shape index (κ1) is 13.8. The molecule has 4 heteroatoms. The van der Waals surface area contributed by atoms with Crippen molar-refractivity contribution in [3.05, 3.63) is 28.5 Å². The summed E-state index contributed by atoms with van der Waals surface area (Å²) < 4.78 is 19.4. The Kier molecular flexibility index (Phi) is 6.88. The Balaban J connectivity index is 2.21. The second-order valence-electron chi connectivity index (χ2n) is 3.56. The Morgan fingerprint density at radius 3 is 2.62 bits per heavy atom. The largest absolute Gasteiger partial charge is 0.491 e. The van der Waals surface area contributed by atoms with E-state index in [1.54, 1.807) is 12.1 Å². The lowest BCUT2D eigenvalue weighted by atomic mass is 10.2. The van der Waals surface area contributed by atoms with Crippen LogP contribution in [0.4, 0.5) is 4.39 Å². The van der Waals surface area contributed by atoms with Crippen LogP contribution in [-0.2, 0) is 0 Å². The minimum absolute atomic E-state index is 0.315. The van der Waals surface area contributed by atoms with Crippen LogP contribution in [0.2, 0.25) is 0 Å². The monoisotopic (exact) mass is 306 g/mol. The number of hydrogen-bond acceptors (Lipinski definition) is 2. The van der Waals surface area contributed by atoms with Gasteiger partial charge in [0.2, 0.25) is 0 Å². The summed E-state index contributed by atoms with van der Waals surface area (Å²) in [6, 6.07) is 4.84. The predicted molar refractivity (Wildman–Crippen MR) is 71.9 cm³/mol. The molecule has 0 bridgehead atoms. The minimum Gasteiger partial charge on any atom is -0.491 e. The first-order valence-electron chi connectivity index (χ1n) is 5.43. The van der Waals surface area contributed by atoms with Gasteiger partial charge in [-0.1, -0.05) is 28.8 Å². The van der Waals surface area contributed by atoms with Gasteiger partial charge in [-0.2, -0.15) is 12.6 Å². The van der Waals surface area contributed by atoms with Crippen LogP contribution in [0.5, 0.6) is 5.75 Å². The summed E-state index contributed by atoms with van der Waals surface area (Å²) in [6.07, 6.45) is 4.37. The molecule has 0 N–H and O–H groups in total. The van der Waals surface area contributed by atoms with Crippen molar-refractivity contribution >= 4 is 28.6 Å². The van der Waals surface area contributed by atoms with Gasteiger partial charge < -0.3 is 4.74 Å². The van der Waals surface area contributed by atoms with E-state index in [9.17, 15) is 4.39 Å². The lowest BCUT2D eigenvalue weighted by molar-refractivity contribution is 0.290. The maximum Gasteiger partial charge on any atom is 0.166 e. The SMILES string of the molecule is Fc1cc(Br)ccc1OCCCCCCS. The molecule has 0 saturated carbocycles. The van der Waals surface area contributed by atoms with Crippen molar-refractivity contribution in [3.8, 4) is 5.75 Å².